The van der Waals surface area contributed by atoms with Crippen molar-refractivity contribution in [2.24, 2.45) is 4.99 Å². The predicted octanol–water partition coefficient (Wildman–Crippen LogP) is 1.43. The summed E-state index contributed by atoms with van der Waals surface area (Å²) < 4.78 is 16.6. The van der Waals surface area contributed by atoms with Crippen LogP contribution in [0.1, 0.15) is 12.8 Å². The molecule has 128 valence electrons. The summed E-state index contributed by atoms with van der Waals surface area (Å²) in [5, 5.41) is 6.49. The van der Waals surface area contributed by atoms with E-state index in [2.05, 4.69) is 15.6 Å². The van der Waals surface area contributed by atoms with E-state index < -0.39 is 0 Å². The average molecular weight is 321 g/mol. The second-order valence-corrected chi connectivity index (χ2v) is 5.30. The van der Waals surface area contributed by atoms with Crippen molar-refractivity contribution >= 4 is 5.96 Å². The van der Waals surface area contributed by atoms with Gasteiger partial charge >= 0.3 is 0 Å². The van der Waals surface area contributed by atoms with Gasteiger partial charge in [-0.05, 0) is 25.0 Å². The van der Waals surface area contributed by atoms with Gasteiger partial charge in [-0.15, -0.1) is 0 Å². The van der Waals surface area contributed by atoms with Crippen molar-refractivity contribution < 1.29 is 14.2 Å². The van der Waals surface area contributed by atoms with Crippen LogP contribution in [0.15, 0.2) is 35.3 Å². The van der Waals surface area contributed by atoms with Gasteiger partial charge in [-0.3, -0.25) is 4.99 Å². The van der Waals surface area contributed by atoms with Gasteiger partial charge in [0, 0.05) is 26.8 Å². The van der Waals surface area contributed by atoms with Crippen molar-refractivity contribution in [2.45, 2.75) is 18.9 Å². The van der Waals surface area contributed by atoms with E-state index in [-0.39, 0.29) is 6.10 Å². The lowest BCUT2D eigenvalue weighted by atomic mass is 10.3. The Balaban J connectivity index is 1.48. The van der Waals surface area contributed by atoms with Crippen LogP contribution in [0.2, 0.25) is 0 Å². The maximum absolute atomic E-state index is 5.72. The minimum Gasteiger partial charge on any atom is -0.492 e. The fraction of sp³-hybridized carbons (Fsp3) is 0.588. The zero-order valence-corrected chi connectivity index (χ0v) is 13.8. The van der Waals surface area contributed by atoms with Crippen molar-refractivity contribution in [3.05, 3.63) is 30.3 Å². The molecule has 1 atom stereocenters. The first-order valence-corrected chi connectivity index (χ1v) is 8.20. The van der Waals surface area contributed by atoms with E-state index in [1.54, 1.807) is 7.05 Å². The number of hydrogen-bond donors (Lipinski definition) is 2. The molecule has 6 nitrogen and oxygen atoms in total. The number of hydrogen-bond acceptors (Lipinski definition) is 4. The highest BCUT2D eigenvalue weighted by Crippen LogP contribution is 2.08. The molecule has 0 radical (unpaired) electrons. The largest absolute Gasteiger partial charge is 0.492 e. The zero-order valence-electron chi connectivity index (χ0n) is 13.8. The molecule has 0 aliphatic carbocycles. The third-order valence-corrected chi connectivity index (χ3v) is 3.49. The second-order valence-electron chi connectivity index (χ2n) is 5.30. The molecule has 1 heterocycles. The SMILES string of the molecule is CN=C(NCCCOC1CCOC1)NCCOc1ccccc1. The summed E-state index contributed by atoms with van der Waals surface area (Å²) in [6.07, 6.45) is 2.23. The van der Waals surface area contributed by atoms with Crippen LogP contribution in [0.3, 0.4) is 0 Å². The first-order valence-electron chi connectivity index (χ1n) is 8.20. The lowest BCUT2D eigenvalue weighted by Crippen LogP contribution is -2.40. The number of benzene rings is 1. The fourth-order valence-electron chi connectivity index (χ4n) is 2.25. The fourth-order valence-corrected chi connectivity index (χ4v) is 2.25. The lowest BCUT2D eigenvalue weighted by molar-refractivity contribution is 0.0420. The van der Waals surface area contributed by atoms with Crippen molar-refractivity contribution in [1.82, 2.24) is 10.6 Å². The lowest BCUT2D eigenvalue weighted by Gasteiger charge is -2.13. The van der Waals surface area contributed by atoms with Gasteiger partial charge in [0.2, 0.25) is 0 Å². The number of guanidine groups is 1. The Morgan fingerprint density at radius 2 is 2.04 bits per heavy atom. The van der Waals surface area contributed by atoms with E-state index in [1.807, 2.05) is 30.3 Å². The van der Waals surface area contributed by atoms with E-state index in [0.29, 0.717) is 13.2 Å². The summed E-state index contributed by atoms with van der Waals surface area (Å²) in [4.78, 5) is 4.19. The normalized spacial score (nSPS) is 18.0. The van der Waals surface area contributed by atoms with E-state index in [0.717, 1.165) is 50.9 Å². The monoisotopic (exact) mass is 321 g/mol. The molecule has 23 heavy (non-hydrogen) atoms. The van der Waals surface area contributed by atoms with Crippen LogP contribution in [0, 0.1) is 0 Å². The van der Waals surface area contributed by atoms with E-state index >= 15 is 0 Å². The van der Waals surface area contributed by atoms with Crippen molar-refractivity contribution in [3.8, 4) is 5.75 Å². The van der Waals surface area contributed by atoms with Gasteiger partial charge in [0.25, 0.3) is 0 Å². The third kappa shape index (κ3) is 7.34. The summed E-state index contributed by atoms with van der Waals surface area (Å²) in [6.45, 7) is 4.42. The van der Waals surface area contributed by atoms with Gasteiger partial charge in [0.1, 0.15) is 12.4 Å². The number of nitrogens with one attached hydrogen (secondary N) is 2. The van der Waals surface area contributed by atoms with Gasteiger partial charge in [0.15, 0.2) is 5.96 Å². The average Bonchev–Trinajstić information content (AvgIpc) is 3.11. The van der Waals surface area contributed by atoms with Crippen molar-refractivity contribution in [1.29, 1.82) is 0 Å². The highest BCUT2D eigenvalue weighted by molar-refractivity contribution is 5.79. The van der Waals surface area contributed by atoms with E-state index in [1.165, 1.54) is 0 Å². The van der Waals surface area contributed by atoms with Crippen LogP contribution in [0.4, 0.5) is 0 Å². The van der Waals surface area contributed by atoms with Crippen LogP contribution >= 0.6 is 0 Å². The molecule has 1 unspecified atom stereocenters. The molecule has 1 aromatic carbocycles. The molecule has 0 bridgehead atoms. The number of para-hydroxylation sites is 1. The Morgan fingerprint density at radius 1 is 1.22 bits per heavy atom. The Labute approximate surface area is 138 Å². The number of rotatable bonds is 9. The summed E-state index contributed by atoms with van der Waals surface area (Å²) in [6, 6.07) is 9.79. The molecule has 1 aliphatic rings. The Bertz CT molecular complexity index is 448. The first-order chi connectivity index (χ1) is 11.4. The third-order valence-electron chi connectivity index (χ3n) is 3.49. The van der Waals surface area contributed by atoms with Crippen LogP contribution in [0.5, 0.6) is 5.75 Å². The van der Waals surface area contributed by atoms with Gasteiger partial charge < -0.3 is 24.8 Å². The van der Waals surface area contributed by atoms with Crippen molar-refractivity contribution in [2.75, 3.05) is 46.6 Å². The minimum atomic E-state index is 0.280. The van der Waals surface area contributed by atoms with Crippen LogP contribution in [-0.2, 0) is 9.47 Å². The van der Waals surface area contributed by atoms with E-state index in [9.17, 15) is 0 Å². The summed E-state index contributed by atoms with van der Waals surface area (Å²) in [5.74, 6) is 1.66. The Morgan fingerprint density at radius 3 is 2.78 bits per heavy atom. The molecule has 6 heteroatoms. The predicted molar refractivity (Wildman–Crippen MR) is 91.1 cm³/mol. The molecule has 0 aromatic heterocycles. The summed E-state index contributed by atoms with van der Waals surface area (Å²) in [5.41, 5.74) is 0. The van der Waals surface area contributed by atoms with Gasteiger partial charge in [0.05, 0.1) is 19.3 Å². The van der Waals surface area contributed by atoms with Crippen LogP contribution in [0.25, 0.3) is 0 Å². The number of aliphatic imine (C=N–C) groups is 1. The van der Waals surface area contributed by atoms with E-state index in [4.69, 9.17) is 14.2 Å². The standard InChI is InChI=1S/C17H27N3O3/c1-18-17(19-9-5-11-22-16-8-12-21-14-16)20-10-13-23-15-6-3-2-4-7-15/h2-4,6-7,16H,5,8-14H2,1H3,(H2,18,19,20). The molecule has 1 aliphatic heterocycles. The first kappa shape index (κ1) is 17.6. The molecule has 1 aromatic rings. The topological polar surface area (TPSA) is 64.1 Å². The zero-order chi connectivity index (χ0) is 16.2. The molecular weight excluding hydrogens is 294 g/mol. The molecule has 2 N–H and O–H groups in total. The highest BCUT2D eigenvalue weighted by atomic mass is 16.5. The van der Waals surface area contributed by atoms with Gasteiger partial charge in [-0.2, -0.15) is 0 Å². The molecule has 2 rings (SSSR count). The molecule has 0 saturated carbocycles. The molecule has 0 spiro atoms. The van der Waals surface area contributed by atoms with Gasteiger partial charge in [-0.25, -0.2) is 0 Å². The minimum absolute atomic E-state index is 0.280. The molecule has 1 saturated heterocycles. The summed E-state index contributed by atoms with van der Waals surface area (Å²) in [7, 11) is 1.76. The molecule has 0 amide bonds. The van der Waals surface area contributed by atoms with Crippen molar-refractivity contribution in [3.63, 3.8) is 0 Å². The highest BCUT2D eigenvalue weighted by Gasteiger charge is 2.15. The smallest absolute Gasteiger partial charge is 0.191 e. The Hall–Kier alpha value is -1.79. The number of ether oxygens (including phenoxy) is 3. The maximum Gasteiger partial charge on any atom is 0.191 e. The summed E-state index contributed by atoms with van der Waals surface area (Å²) >= 11 is 0. The van der Waals surface area contributed by atoms with Crippen LogP contribution in [-0.4, -0.2) is 58.6 Å². The molecule has 1 fully saturated rings. The molecular formula is C17H27N3O3. The maximum atomic E-state index is 5.72. The number of nitrogens with zero attached hydrogens (tertiary/aromatic N) is 1. The quantitative estimate of drug-likeness (QED) is 0.409. The van der Waals surface area contributed by atoms with Gasteiger partial charge in [-0.1, -0.05) is 18.2 Å². The second kappa shape index (κ2) is 10.9. The Kier molecular flexibility index (Phi) is 8.29. The van der Waals surface area contributed by atoms with Crippen LogP contribution < -0.4 is 15.4 Å².